The fraction of sp³-hybridized carbons (Fsp3) is 0.286. The van der Waals surface area contributed by atoms with Gasteiger partial charge in [0.1, 0.15) is 11.4 Å². The van der Waals surface area contributed by atoms with Crippen LogP contribution in [0.15, 0.2) is 6.07 Å². The van der Waals surface area contributed by atoms with Crippen molar-refractivity contribution >= 4 is 5.69 Å². The van der Waals surface area contributed by atoms with Crippen LogP contribution in [0, 0.1) is 15.9 Å². The van der Waals surface area contributed by atoms with Crippen LogP contribution in [-0.4, -0.2) is 9.91 Å². The van der Waals surface area contributed by atoms with E-state index in [0.29, 0.717) is 6.07 Å². The number of nitrogens with two attached hydrogens (primary N) is 1. The molecule has 0 unspecified atom stereocenters. The Kier molecular flexibility index (Phi) is 3.20. The van der Waals surface area contributed by atoms with Crippen LogP contribution < -0.4 is 5.73 Å². The molecule has 0 spiro atoms. The molecule has 0 fully saturated rings. The predicted octanol–water partition coefficient (Wildman–Crippen LogP) is 1.53. The quantitative estimate of drug-likeness (QED) is 0.619. The summed E-state index contributed by atoms with van der Waals surface area (Å²) in [5.41, 5.74) is 2.89. The second kappa shape index (κ2) is 4.22. The predicted molar refractivity (Wildman–Crippen MR) is 43.7 cm³/mol. The zero-order valence-electron chi connectivity index (χ0n) is 7.28. The molecule has 1 aromatic rings. The molecule has 0 radical (unpaired) electrons. The first-order chi connectivity index (χ1) is 6.97. The monoisotopic (exact) mass is 221 g/mol. The number of nitrogens with zero attached hydrogens (tertiary/aromatic N) is 2. The molecule has 1 aromatic heterocycles. The number of aromatic nitrogens is 1. The first kappa shape index (κ1) is 11.4. The summed E-state index contributed by atoms with van der Waals surface area (Å²) in [6.07, 6.45) is -3.13. The van der Waals surface area contributed by atoms with E-state index in [4.69, 9.17) is 5.73 Å². The third kappa shape index (κ3) is 2.21. The summed E-state index contributed by atoms with van der Waals surface area (Å²) < 4.78 is 37.2. The summed E-state index contributed by atoms with van der Waals surface area (Å²) in [7, 11) is 0. The maximum Gasteiger partial charge on any atom is 0.295 e. The molecule has 1 heterocycles. The number of nitro groups is 1. The average molecular weight is 221 g/mol. The van der Waals surface area contributed by atoms with Crippen LogP contribution in [0.4, 0.5) is 18.9 Å². The summed E-state index contributed by atoms with van der Waals surface area (Å²) >= 11 is 0. The molecular weight excluding hydrogens is 215 g/mol. The van der Waals surface area contributed by atoms with Gasteiger partial charge in [0.15, 0.2) is 5.82 Å². The van der Waals surface area contributed by atoms with Gasteiger partial charge >= 0.3 is 0 Å². The number of hydrogen-bond donors (Lipinski definition) is 1. The molecule has 82 valence electrons. The molecule has 5 nitrogen and oxygen atoms in total. The van der Waals surface area contributed by atoms with Gasteiger partial charge in [-0.2, -0.15) is 0 Å². The summed E-state index contributed by atoms with van der Waals surface area (Å²) in [5, 5.41) is 10.4. The standard InChI is InChI=1S/C7H6F3N3O2/c8-3-1-5(13(14)15)4(2-11)12-6(3)7(9)10/h1,7H,2,11H2. The molecule has 0 aliphatic heterocycles. The molecule has 0 amide bonds. The maximum absolute atomic E-state index is 12.9. The van der Waals surface area contributed by atoms with Gasteiger partial charge in [0.05, 0.1) is 11.0 Å². The van der Waals surface area contributed by atoms with Crippen LogP contribution in [0.5, 0.6) is 0 Å². The minimum absolute atomic E-state index is 0.364. The molecule has 0 saturated heterocycles. The van der Waals surface area contributed by atoms with Crippen LogP contribution in [0.25, 0.3) is 0 Å². The Bertz CT molecular complexity index is 397. The first-order valence-corrected chi connectivity index (χ1v) is 3.79. The Morgan fingerprint density at radius 3 is 2.60 bits per heavy atom. The first-order valence-electron chi connectivity index (χ1n) is 3.79. The van der Waals surface area contributed by atoms with Gasteiger partial charge in [-0.15, -0.1) is 0 Å². The smallest absolute Gasteiger partial charge is 0.295 e. The second-order valence-corrected chi connectivity index (χ2v) is 2.58. The maximum atomic E-state index is 12.9. The highest BCUT2D eigenvalue weighted by Crippen LogP contribution is 2.25. The van der Waals surface area contributed by atoms with Crippen LogP contribution in [0.1, 0.15) is 17.8 Å². The SMILES string of the molecule is NCc1nc(C(F)F)c(F)cc1[N+](=O)[O-]. The summed E-state index contributed by atoms with van der Waals surface area (Å²) in [6, 6.07) is 0.399. The average Bonchev–Trinajstić information content (AvgIpc) is 2.16. The Balaban J connectivity index is 3.35. The molecule has 2 N–H and O–H groups in total. The van der Waals surface area contributed by atoms with Gasteiger partial charge in [0.2, 0.25) is 0 Å². The normalized spacial score (nSPS) is 10.7. The highest BCUT2D eigenvalue weighted by molar-refractivity contribution is 5.37. The van der Waals surface area contributed by atoms with Crippen molar-refractivity contribution in [1.29, 1.82) is 0 Å². The fourth-order valence-corrected chi connectivity index (χ4v) is 0.995. The van der Waals surface area contributed by atoms with E-state index < -0.39 is 35.1 Å². The van der Waals surface area contributed by atoms with E-state index in [-0.39, 0.29) is 5.69 Å². The zero-order chi connectivity index (χ0) is 11.6. The molecule has 8 heteroatoms. The van der Waals surface area contributed by atoms with Crippen molar-refractivity contribution in [2.75, 3.05) is 0 Å². The van der Waals surface area contributed by atoms with Gasteiger partial charge in [-0.1, -0.05) is 0 Å². The molecule has 1 rings (SSSR count). The van der Waals surface area contributed by atoms with Gasteiger partial charge in [-0.05, 0) is 0 Å². The van der Waals surface area contributed by atoms with Crippen LogP contribution >= 0.6 is 0 Å². The van der Waals surface area contributed by atoms with E-state index in [1.807, 2.05) is 0 Å². The van der Waals surface area contributed by atoms with Gasteiger partial charge in [-0.3, -0.25) is 10.1 Å². The fourth-order valence-electron chi connectivity index (χ4n) is 0.995. The molecule has 0 bridgehead atoms. The topological polar surface area (TPSA) is 82.0 Å². The van der Waals surface area contributed by atoms with E-state index in [1.54, 1.807) is 0 Å². The third-order valence-electron chi connectivity index (χ3n) is 1.66. The third-order valence-corrected chi connectivity index (χ3v) is 1.66. The summed E-state index contributed by atoms with van der Waals surface area (Å²) in [5.74, 6) is -1.41. The minimum Gasteiger partial charge on any atom is -0.325 e. The summed E-state index contributed by atoms with van der Waals surface area (Å²) in [6.45, 7) is -0.406. The largest absolute Gasteiger partial charge is 0.325 e. The van der Waals surface area contributed by atoms with Crippen LogP contribution in [-0.2, 0) is 6.54 Å². The van der Waals surface area contributed by atoms with Crippen molar-refractivity contribution in [2.24, 2.45) is 5.73 Å². The van der Waals surface area contributed by atoms with Crippen molar-refractivity contribution in [3.8, 4) is 0 Å². The molecule has 0 atom stereocenters. The van der Waals surface area contributed by atoms with Gasteiger partial charge in [0, 0.05) is 6.54 Å². The highest BCUT2D eigenvalue weighted by atomic mass is 19.3. The van der Waals surface area contributed by atoms with Crippen molar-refractivity contribution in [3.05, 3.63) is 33.4 Å². The van der Waals surface area contributed by atoms with Gasteiger partial charge in [-0.25, -0.2) is 18.2 Å². The Labute approximate surface area is 81.9 Å². The minimum atomic E-state index is -3.13. The lowest BCUT2D eigenvalue weighted by Gasteiger charge is -2.04. The van der Waals surface area contributed by atoms with Crippen LogP contribution in [0.2, 0.25) is 0 Å². The number of alkyl halides is 2. The van der Waals surface area contributed by atoms with E-state index in [2.05, 4.69) is 4.98 Å². The lowest BCUT2D eigenvalue weighted by molar-refractivity contribution is -0.386. The number of hydrogen-bond acceptors (Lipinski definition) is 4. The number of halogens is 3. The zero-order valence-corrected chi connectivity index (χ0v) is 7.28. The molecule has 0 aromatic carbocycles. The van der Waals surface area contributed by atoms with E-state index >= 15 is 0 Å². The Hall–Kier alpha value is -1.70. The number of pyridine rings is 1. The van der Waals surface area contributed by atoms with Crippen molar-refractivity contribution in [1.82, 2.24) is 4.98 Å². The van der Waals surface area contributed by atoms with Crippen LogP contribution in [0.3, 0.4) is 0 Å². The molecular formula is C7H6F3N3O2. The molecule has 0 aliphatic carbocycles. The van der Waals surface area contributed by atoms with Crippen molar-refractivity contribution in [3.63, 3.8) is 0 Å². The van der Waals surface area contributed by atoms with Gasteiger partial charge in [0.25, 0.3) is 12.1 Å². The van der Waals surface area contributed by atoms with Crippen molar-refractivity contribution < 1.29 is 18.1 Å². The van der Waals surface area contributed by atoms with E-state index in [9.17, 15) is 23.3 Å². The van der Waals surface area contributed by atoms with E-state index in [1.165, 1.54) is 0 Å². The van der Waals surface area contributed by atoms with Crippen molar-refractivity contribution in [2.45, 2.75) is 13.0 Å². The Morgan fingerprint density at radius 2 is 2.20 bits per heavy atom. The molecule has 0 aliphatic rings. The summed E-state index contributed by atoms with van der Waals surface area (Å²) in [4.78, 5) is 12.6. The van der Waals surface area contributed by atoms with E-state index in [0.717, 1.165) is 0 Å². The lowest BCUT2D eigenvalue weighted by atomic mass is 10.2. The molecule has 15 heavy (non-hydrogen) atoms. The second-order valence-electron chi connectivity index (χ2n) is 2.58. The molecule has 0 saturated carbocycles. The lowest BCUT2D eigenvalue weighted by Crippen LogP contribution is -2.09. The Morgan fingerprint density at radius 1 is 1.60 bits per heavy atom. The van der Waals surface area contributed by atoms with Gasteiger partial charge < -0.3 is 5.73 Å². The number of rotatable bonds is 3. The highest BCUT2D eigenvalue weighted by Gasteiger charge is 2.23.